The number of benzene rings is 3. The van der Waals surface area contributed by atoms with E-state index in [9.17, 15) is 5.11 Å². The highest BCUT2D eigenvalue weighted by molar-refractivity contribution is 5.64. The lowest BCUT2D eigenvalue weighted by molar-refractivity contribution is 0.0865. The third-order valence-electron chi connectivity index (χ3n) is 5.69. The summed E-state index contributed by atoms with van der Waals surface area (Å²) in [6, 6.07) is 28.4. The van der Waals surface area contributed by atoms with Gasteiger partial charge in [-0.2, -0.15) is 0 Å². The summed E-state index contributed by atoms with van der Waals surface area (Å²) in [5.74, 6) is 6.53. The fourth-order valence-electron chi connectivity index (χ4n) is 3.95. The van der Waals surface area contributed by atoms with E-state index in [0.29, 0.717) is 6.42 Å². The Bertz CT molecular complexity index is 964. The molecule has 0 aliphatic carbocycles. The van der Waals surface area contributed by atoms with E-state index in [1.165, 1.54) is 18.4 Å². The van der Waals surface area contributed by atoms with Gasteiger partial charge < -0.3 is 5.11 Å². The van der Waals surface area contributed by atoms with Crippen LogP contribution < -0.4 is 0 Å². The number of likely N-dealkylation sites (tertiary alicyclic amines) is 1. The van der Waals surface area contributed by atoms with E-state index in [-0.39, 0.29) is 0 Å². The van der Waals surface area contributed by atoms with E-state index in [1.54, 1.807) is 0 Å². The van der Waals surface area contributed by atoms with Crippen molar-refractivity contribution in [3.63, 3.8) is 0 Å². The summed E-state index contributed by atoms with van der Waals surface area (Å²) in [6.07, 6.45) is 2.92. The monoisotopic (exact) mass is 381 g/mol. The second kappa shape index (κ2) is 9.09. The molecule has 0 unspecified atom stereocenters. The second-order valence-corrected chi connectivity index (χ2v) is 7.68. The molecule has 0 aromatic heterocycles. The van der Waals surface area contributed by atoms with Gasteiger partial charge in [-0.05, 0) is 48.2 Å². The van der Waals surface area contributed by atoms with Crippen molar-refractivity contribution in [1.82, 2.24) is 4.90 Å². The molecule has 1 atom stereocenters. The van der Waals surface area contributed by atoms with Gasteiger partial charge in [0.2, 0.25) is 0 Å². The number of aliphatic hydroxyl groups is 1. The standard InChI is InChI=1S/C27H27NO/c29-27(25-13-5-2-6-14-25,19-7-8-20-28-21-9-10-22-28)26-17-15-24(16-18-26)23-11-3-1-4-12-23/h1-6,11-18,29H,9-10,19-22H2/t27-/m1/s1. The van der Waals surface area contributed by atoms with Gasteiger partial charge in [-0.15, -0.1) is 0 Å². The minimum atomic E-state index is -1.12. The van der Waals surface area contributed by atoms with Crippen LogP contribution in [0.15, 0.2) is 84.9 Å². The molecule has 1 aliphatic heterocycles. The smallest absolute Gasteiger partial charge is 0.125 e. The maximum atomic E-state index is 11.7. The van der Waals surface area contributed by atoms with Gasteiger partial charge in [0.15, 0.2) is 0 Å². The van der Waals surface area contributed by atoms with Gasteiger partial charge in [0.05, 0.1) is 6.54 Å². The number of nitrogens with zero attached hydrogens (tertiary/aromatic N) is 1. The predicted molar refractivity (Wildman–Crippen MR) is 119 cm³/mol. The highest BCUT2D eigenvalue weighted by Gasteiger charge is 2.30. The third-order valence-corrected chi connectivity index (χ3v) is 5.69. The summed E-state index contributed by atoms with van der Waals surface area (Å²) in [5.41, 5.74) is 2.95. The zero-order valence-electron chi connectivity index (χ0n) is 16.7. The molecular weight excluding hydrogens is 354 g/mol. The summed E-state index contributed by atoms with van der Waals surface area (Å²) in [4.78, 5) is 2.38. The molecule has 0 radical (unpaired) electrons. The van der Waals surface area contributed by atoms with Crippen LogP contribution in [0.2, 0.25) is 0 Å². The summed E-state index contributed by atoms with van der Waals surface area (Å²) < 4.78 is 0. The first-order valence-corrected chi connectivity index (χ1v) is 10.4. The van der Waals surface area contributed by atoms with Crippen molar-refractivity contribution in [2.75, 3.05) is 19.6 Å². The van der Waals surface area contributed by atoms with Crippen molar-refractivity contribution in [2.24, 2.45) is 0 Å². The Hall–Kier alpha value is -2.86. The van der Waals surface area contributed by atoms with Gasteiger partial charge >= 0.3 is 0 Å². The fourth-order valence-corrected chi connectivity index (χ4v) is 3.95. The van der Waals surface area contributed by atoms with Crippen molar-refractivity contribution in [3.05, 3.63) is 96.1 Å². The molecule has 1 N–H and O–H groups in total. The summed E-state index contributed by atoms with van der Waals surface area (Å²) in [7, 11) is 0. The molecule has 1 heterocycles. The van der Waals surface area contributed by atoms with Crippen molar-refractivity contribution >= 4 is 0 Å². The zero-order valence-corrected chi connectivity index (χ0v) is 16.7. The average molecular weight is 382 g/mol. The van der Waals surface area contributed by atoms with Crippen LogP contribution in [0.4, 0.5) is 0 Å². The summed E-state index contributed by atoms with van der Waals surface area (Å²) in [6.45, 7) is 3.06. The topological polar surface area (TPSA) is 23.5 Å². The van der Waals surface area contributed by atoms with Crippen LogP contribution in [-0.4, -0.2) is 29.6 Å². The number of rotatable bonds is 5. The largest absolute Gasteiger partial charge is 0.379 e. The predicted octanol–water partition coefficient (Wildman–Crippen LogP) is 5.08. The van der Waals surface area contributed by atoms with Gasteiger partial charge in [0, 0.05) is 6.42 Å². The van der Waals surface area contributed by atoms with Crippen LogP contribution in [0.1, 0.15) is 30.4 Å². The Kier molecular flexibility index (Phi) is 6.10. The molecular formula is C27H27NO. The molecule has 1 aliphatic rings. The molecule has 4 rings (SSSR count). The fraction of sp³-hybridized carbons (Fsp3) is 0.259. The van der Waals surface area contributed by atoms with Gasteiger partial charge in [0.1, 0.15) is 5.60 Å². The van der Waals surface area contributed by atoms with Gasteiger partial charge in [0.25, 0.3) is 0 Å². The molecule has 2 heteroatoms. The maximum absolute atomic E-state index is 11.7. The van der Waals surface area contributed by atoms with Crippen LogP contribution in [-0.2, 0) is 5.60 Å². The van der Waals surface area contributed by atoms with Gasteiger partial charge in [-0.3, -0.25) is 4.90 Å². The lowest BCUT2D eigenvalue weighted by Gasteiger charge is -2.27. The SMILES string of the molecule is O[C@](CC#CCN1CCCC1)(c1ccccc1)c1ccc(-c2ccccc2)cc1. The molecule has 0 amide bonds. The highest BCUT2D eigenvalue weighted by atomic mass is 16.3. The van der Waals surface area contributed by atoms with Crippen molar-refractivity contribution < 1.29 is 5.11 Å². The molecule has 146 valence electrons. The molecule has 0 saturated carbocycles. The minimum Gasteiger partial charge on any atom is -0.379 e. The lowest BCUT2D eigenvalue weighted by Crippen LogP contribution is -2.27. The highest BCUT2D eigenvalue weighted by Crippen LogP contribution is 2.34. The minimum absolute atomic E-state index is 0.384. The molecule has 29 heavy (non-hydrogen) atoms. The van der Waals surface area contributed by atoms with Crippen molar-refractivity contribution in [3.8, 4) is 23.0 Å². The Morgan fingerprint density at radius 2 is 1.24 bits per heavy atom. The average Bonchev–Trinajstić information content (AvgIpc) is 3.31. The maximum Gasteiger partial charge on any atom is 0.125 e. The van der Waals surface area contributed by atoms with E-state index in [4.69, 9.17) is 0 Å². The lowest BCUT2D eigenvalue weighted by atomic mass is 9.83. The molecule has 1 saturated heterocycles. The van der Waals surface area contributed by atoms with E-state index in [0.717, 1.165) is 36.3 Å². The molecule has 3 aromatic rings. The van der Waals surface area contributed by atoms with E-state index < -0.39 is 5.60 Å². The molecule has 0 spiro atoms. The number of hydrogen-bond acceptors (Lipinski definition) is 2. The normalized spacial score (nSPS) is 16.0. The van der Waals surface area contributed by atoms with Gasteiger partial charge in [-0.1, -0.05) is 96.8 Å². The molecule has 1 fully saturated rings. The van der Waals surface area contributed by atoms with Crippen molar-refractivity contribution in [2.45, 2.75) is 24.9 Å². The van der Waals surface area contributed by atoms with Crippen LogP contribution in [0, 0.1) is 11.8 Å². The van der Waals surface area contributed by atoms with E-state index in [2.05, 4.69) is 41.0 Å². The van der Waals surface area contributed by atoms with Crippen LogP contribution in [0.3, 0.4) is 0 Å². The van der Waals surface area contributed by atoms with Gasteiger partial charge in [-0.25, -0.2) is 0 Å². The Morgan fingerprint density at radius 3 is 1.90 bits per heavy atom. The van der Waals surface area contributed by atoms with Crippen LogP contribution >= 0.6 is 0 Å². The first kappa shape index (κ1) is 19.5. The molecule has 2 nitrogen and oxygen atoms in total. The second-order valence-electron chi connectivity index (χ2n) is 7.68. The molecule has 3 aromatic carbocycles. The first-order chi connectivity index (χ1) is 14.3. The number of hydrogen-bond donors (Lipinski definition) is 1. The summed E-state index contributed by atoms with van der Waals surface area (Å²) >= 11 is 0. The van der Waals surface area contributed by atoms with E-state index >= 15 is 0 Å². The Labute approximate surface area is 173 Å². The van der Waals surface area contributed by atoms with Crippen LogP contribution in [0.25, 0.3) is 11.1 Å². The quantitative estimate of drug-likeness (QED) is 0.623. The first-order valence-electron chi connectivity index (χ1n) is 10.4. The van der Waals surface area contributed by atoms with Crippen molar-refractivity contribution in [1.29, 1.82) is 0 Å². The Morgan fingerprint density at radius 1 is 0.690 bits per heavy atom. The summed E-state index contributed by atoms with van der Waals surface area (Å²) in [5, 5.41) is 11.7. The Balaban J connectivity index is 1.59. The van der Waals surface area contributed by atoms with Crippen LogP contribution in [0.5, 0.6) is 0 Å². The third kappa shape index (κ3) is 4.59. The van der Waals surface area contributed by atoms with E-state index in [1.807, 2.05) is 60.7 Å². The zero-order chi connectivity index (χ0) is 19.9. The molecule has 0 bridgehead atoms.